The van der Waals surface area contributed by atoms with Crippen molar-refractivity contribution in [2.24, 2.45) is 0 Å². The second-order valence-electron chi connectivity index (χ2n) is 3.97. The first-order valence-corrected chi connectivity index (χ1v) is 5.62. The molecular weight excluding hydrogens is 182 g/mol. The van der Waals surface area contributed by atoms with E-state index in [4.69, 9.17) is 0 Å². The lowest BCUT2D eigenvalue weighted by Gasteiger charge is -2.19. The number of hydrogen-bond acceptors (Lipinski definition) is 1. The molecule has 0 aliphatic rings. The van der Waals surface area contributed by atoms with Crippen LogP contribution in [0.3, 0.4) is 0 Å². The Hall–Kier alpha value is -1.08. The normalized spacial score (nSPS) is 12.5. The second-order valence-corrected chi connectivity index (χ2v) is 3.97. The van der Waals surface area contributed by atoms with E-state index < -0.39 is 0 Å². The van der Waals surface area contributed by atoms with Crippen LogP contribution < -0.4 is 5.32 Å². The fourth-order valence-electron chi connectivity index (χ4n) is 1.92. The van der Waals surface area contributed by atoms with Gasteiger partial charge in [-0.25, -0.2) is 0 Å². The third-order valence-electron chi connectivity index (χ3n) is 2.70. The van der Waals surface area contributed by atoms with E-state index in [1.54, 1.807) is 0 Å². The molecular formula is C14H21N. The van der Waals surface area contributed by atoms with E-state index in [1.807, 2.05) is 6.08 Å². The topological polar surface area (TPSA) is 12.0 Å². The predicted octanol–water partition coefficient (Wildman–Crippen LogP) is 3.53. The Labute approximate surface area is 93.2 Å². The summed E-state index contributed by atoms with van der Waals surface area (Å²) in [6, 6.07) is 6.71. The van der Waals surface area contributed by atoms with Gasteiger partial charge in [-0.1, -0.05) is 31.2 Å². The summed E-state index contributed by atoms with van der Waals surface area (Å²) >= 11 is 0. The Morgan fingerprint density at radius 2 is 1.93 bits per heavy atom. The average Bonchev–Trinajstić information content (AvgIpc) is 2.22. The summed E-state index contributed by atoms with van der Waals surface area (Å²) in [6.07, 6.45) is 3.14. The first kappa shape index (κ1) is 12.0. The van der Waals surface area contributed by atoms with E-state index in [-0.39, 0.29) is 6.04 Å². The van der Waals surface area contributed by atoms with E-state index in [0.29, 0.717) is 0 Å². The molecule has 0 aliphatic carbocycles. The molecule has 1 nitrogen and oxygen atoms in total. The van der Waals surface area contributed by atoms with E-state index in [1.165, 1.54) is 16.7 Å². The van der Waals surface area contributed by atoms with Crippen molar-refractivity contribution < 1.29 is 0 Å². The molecule has 0 spiro atoms. The van der Waals surface area contributed by atoms with Crippen LogP contribution in [-0.4, -0.2) is 6.54 Å². The Bertz CT molecular complexity index is 308. The molecule has 0 fully saturated rings. The van der Waals surface area contributed by atoms with Crippen LogP contribution in [0.4, 0.5) is 0 Å². The Morgan fingerprint density at radius 3 is 2.40 bits per heavy atom. The number of nitrogens with one attached hydrogen (secondary N) is 1. The lowest BCUT2D eigenvalue weighted by molar-refractivity contribution is 0.609. The van der Waals surface area contributed by atoms with Crippen molar-refractivity contribution in [3.05, 3.63) is 47.5 Å². The highest BCUT2D eigenvalue weighted by molar-refractivity contribution is 5.38. The maximum Gasteiger partial charge on any atom is 0.0508 e. The SMILES string of the molecule is C=CC(NCCC)c1c(C)cccc1C. The molecule has 0 amide bonds. The summed E-state index contributed by atoms with van der Waals surface area (Å²) < 4.78 is 0. The van der Waals surface area contributed by atoms with Gasteiger partial charge in [0, 0.05) is 0 Å². The van der Waals surface area contributed by atoms with E-state index in [0.717, 1.165) is 13.0 Å². The van der Waals surface area contributed by atoms with E-state index in [9.17, 15) is 0 Å². The highest BCUT2D eigenvalue weighted by Crippen LogP contribution is 2.22. The van der Waals surface area contributed by atoms with Crippen LogP contribution >= 0.6 is 0 Å². The highest BCUT2D eigenvalue weighted by Gasteiger charge is 2.11. The monoisotopic (exact) mass is 203 g/mol. The van der Waals surface area contributed by atoms with Gasteiger partial charge >= 0.3 is 0 Å². The molecule has 0 bridgehead atoms. The molecule has 1 aromatic rings. The minimum Gasteiger partial charge on any atom is -0.307 e. The zero-order valence-electron chi connectivity index (χ0n) is 10.0. The van der Waals surface area contributed by atoms with Crippen LogP contribution in [0.15, 0.2) is 30.9 Å². The van der Waals surface area contributed by atoms with Gasteiger partial charge in [-0.05, 0) is 43.5 Å². The minimum absolute atomic E-state index is 0.283. The van der Waals surface area contributed by atoms with Crippen molar-refractivity contribution in [3.63, 3.8) is 0 Å². The van der Waals surface area contributed by atoms with Crippen LogP contribution in [0, 0.1) is 13.8 Å². The molecule has 1 aromatic carbocycles. The molecule has 0 heterocycles. The van der Waals surface area contributed by atoms with Crippen molar-refractivity contribution in [1.29, 1.82) is 0 Å². The molecule has 0 saturated carbocycles. The van der Waals surface area contributed by atoms with Crippen molar-refractivity contribution in [2.45, 2.75) is 33.2 Å². The molecule has 1 unspecified atom stereocenters. The van der Waals surface area contributed by atoms with Gasteiger partial charge in [-0.15, -0.1) is 6.58 Å². The first-order chi connectivity index (χ1) is 7.20. The van der Waals surface area contributed by atoms with Crippen molar-refractivity contribution >= 4 is 0 Å². The molecule has 82 valence electrons. The summed E-state index contributed by atoms with van der Waals surface area (Å²) in [5.74, 6) is 0. The number of aryl methyl sites for hydroxylation is 2. The minimum atomic E-state index is 0.283. The number of hydrogen-bond donors (Lipinski definition) is 1. The molecule has 15 heavy (non-hydrogen) atoms. The molecule has 1 atom stereocenters. The van der Waals surface area contributed by atoms with Gasteiger partial charge < -0.3 is 5.32 Å². The number of rotatable bonds is 5. The lowest BCUT2D eigenvalue weighted by atomic mass is 9.96. The Kier molecular flexibility index (Phi) is 4.57. The van der Waals surface area contributed by atoms with Gasteiger partial charge in [0.05, 0.1) is 6.04 Å². The van der Waals surface area contributed by atoms with Gasteiger partial charge in [-0.2, -0.15) is 0 Å². The van der Waals surface area contributed by atoms with E-state index in [2.05, 4.69) is 50.9 Å². The maximum atomic E-state index is 3.91. The fourth-order valence-corrected chi connectivity index (χ4v) is 1.92. The predicted molar refractivity (Wildman–Crippen MR) is 67.1 cm³/mol. The molecule has 1 heteroatoms. The van der Waals surface area contributed by atoms with Crippen LogP contribution in [0.2, 0.25) is 0 Å². The molecule has 1 rings (SSSR count). The van der Waals surface area contributed by atoms with Gasteiger partial charge in [0.25, 0.3) is 0 Å². The summed E-state index contributed by atoms with van der Waals surface area (Å²) in [5.41, 5.74) is 4.05. The summed E-state index contributed by atoms with van der Waals surface area (Å²) in [5, 5.41) is 3.50. The van der Waals surface area contributed by atoms with Gasteiger partial charge in [0.1, 0.15) is 0 Å². The summed E-state index contributed by atoms with van der Waals surface area (Å²) in [4.78, 5) is 0. The first-order valence-electron chi connectivity index (χ1n) is 5.62. The standard InChI is InChI=1S/C14H21N/c1-5-10-15-13(6-2)14-11(3)8-7-9-12(14)4/h6-9,13,15H,2,5,10H2,1,3-4H3. The van der Waals surface area contributed by atoms with E-state index >= 15 is 0 Å². The third-order valence-corrected chi connectivity index (χ3v) is 2.70. The molecule has 0 radical (unpaired) electrons. The third kappa shape index (κ3) is 2.93. The molecule has 1 N–H and O–H groups in total. The van der Waals surface area contributed by atoms with Crippen LogP contribution in [0.5, 0.6) is 0 Å². The Balaban J connectivity index is 2.95. The van der Waals surface area contributed by atoms with Crippen molar-refractivity contribution in [2.75, 3.05) is 6.54 Å². The Morgan fingerprint density at radius 1 is 1.33 bits per heavy atom. The average molecular weight is 203 g/mol. The second kappa shape index (κ2) is 5.72. The van der Waals surface area contributed by atoms with Gasteiger partial charge in [-0.3, -0.25) is 0 Å². The van der Waals surface area contributed by atoms with Crippen molar-refractivity contribution in [3.8, 4) is 0 Å². The summed E-state index contributed by atoms with van der Waals surface area (Å²) in [6.45, 7) is 11.4. The van der Waals surface area contributed by atoms with Crippen molar-refractivity contribution in [1.82, 2.24) is 5.32 Å². The van der Waals surface area contributed by atoms with Crippen LogP contribution in [-0.2, 0) is 0 Å². The smallest absolute Gasteiger partial charge is 0.0508 e. The maximum absolute atomic E-state index is 3.91. The van der Waals surface area contributed by atoms with Gasteiger partial charge in [0.15, 0.2) is 0 Å². The lowest BCUT2D eigenvalue weighted by Crippen LogP contribution is -2.21. The largest absolute Gasteiger partial charge is 0.307 e. The quantitative estimate of drug-likeness (QED) is 0.722. The fraction of sp³-hybridized carbons (Fsp3) is 0.429. The zero-order valence-corrected chi connectivity index (χ0v) is 10.0. The molecule has 0 saturated heterocycles. The molecule has 0 aromatic heterocycles. The van der Waals surface area contributed by atoms with Gasteiger partial charge in [0.2, 0.25) is 0 Å². The van der Waals surface area contributed by atoms with Crippen LogP contribution in [0.1, 0.15) is 36.1 Å². The molecule has 0 aliphatic heterocycles. The number of benzene rings is 1. The summed E-state index contributed by atoms with van der Waals surface area (Å²) in [7, 11) is 0. The highest BCUT2D eigenvalue weighted by atomic mass is 14.9. The zero-order chi connectivity index (χ0) is 11.3. The van der Waals surface area contributed by atoms with Crippen LogP contribution in [0.25, 0.3) is 0 Å².